The fourth-order valence-corrected chi connectivity index (χ4v) is 3.89. The Hall–Kier alpha value is -2.81. The van der Waals surface area contributed by atoms with Crippen LogP contribution >= 0.6 is 0 Å². The summed E-state index contributed by atoms with van der Waals surface area (Å²) < 4.78 is 21.6. The maximum absolute atomic E-state index is 12.8. The van der Waals surface area contributed by atoms with Gasteiger partial charge in [0.15, 0.2) is 11.5 Å². The molecule has 2 aliphatic heterocycles. The number of cyclic esters (lactones) is 1. The number of unbranched alkanes of at least 4 members (excludes halogenated alkanes) is 1. The fourth-order valence-electron chi connectivity index (χ4n) is 3.89. The summed E-state index contributed by atoms with van der Waals surface area (Å²) in [5, 5.41) is 2.87. The summed E-state index contributed by atoms with van der Waals surface area (Å²) in [6.07, 6.45) is 2.40. The average molecular weight is 434 g/mol. The van der Waals surface area contributed by atoms with Gasteiger partial charge in [0.05, 0.1) is 14.2 Å². The highest BCUT2D eigenvalue weighted by Crippen LogP contribution is 2.45. The first kappa shape index (κ1) is 22.9. The largest absolute Gasteiger partial charge is 0.493 e. The summed E-state index contributed by atoms with van der Waals surface area (Å²) in [5.74, 6) is -0.461. The second kappa shape index (κ2) is 10.5. The molecule has 0 aliphatic carbocycles. The van der Waals surface area contributed by atoms with Gasteiger partial charge in [0, 0.05) is 31.7 Å². The molecule has 2 heterocycles. The molecule has 9 heteroatoms. The number of methoxy groups -OCH3 is 2. The van der Waals surface area contributed by atoms with Crippen LogP contribution in [0.4, 0.5) is 0 Å². The van der Waals surface area contributed by atoms with Gasteiger partial charge in [0.1, 0.15) is 11.6 Å². The van der Waals surface area contributed by atoms with Crippen molar-refractivity contribution < 1.29 is 33.3 Å². The van der Waals surface area contributed by atoms with E-state index in [2.05, 4.69) is 12.2 Å². The van der Waals surface area contributed by atoms with E-state index in [1.54, 1.807) is 12.1 Å². The predicted octanol–water partition coefficient (Wildman–Crippen LogP) is 2.19. The van der Waals surface area contributed by atoms with Gasteiger partial charge in [-0.3, -0.25) is 14.5 Å². The van der Waals surface area contributed by atoms with E-state index in [0.29, 0.717) is 37.3 Å². The monoisotopic (exact) mass is 434 g/mol. The van der Waals surface area contributed by atoms with Gasteiger partial charge in [-0.2, -0.15) is 0 Å². The SMILES string of the molecule is CCCCOCCCNC(=O)[C@H]1CCC(=O)N1[C@H]1OC(=O)c2c1ccc(OC)c2OC. The molecular formula is C22H30N2O7. The van der Waals surface area contributed by atoms with Crippen molar-refractivity contribution in [2.75, 3.05) is 34.0 Å². The molecule has 31 heavy (non-hydrogen) atoms. The molecule has 2 aliphatic rings. The Labute approximate surface area is 182 Å². The molecule has 170 valence electrons. The Kier molecular flexibility index (Phi) is 7.73. The average Bonchev–Trinajstić information content (AvgIpc) is 3.31. The number of nitrogens with zero attached hydrogens (tertiary/aromatic N) is 1. The molecule has 0 aromatic heterocycles. The van der Waals surface area contributed by atoms with Crippen LogP contribution in [0.2, 0.25) is 0 Å². The van der Waals surface area contributed by atoms with Crippen LogP contribution in [0.3, 0.4) is 0 Å². The van der Waals surface area contributed by atoms with Crippen molar-refractivity contribution in [2.24, 2.45) is 0 Å². The quantitative estimate of drug-likeness (QED) is 0.421. The molecular weight excluding hydrogens is 404 g/mol. The van der Waals surface area contributed by atoms with E-state index in [1.165, 1.54) is 19.1 Å². The van der Waals surface area contributed by atoms with Crippen LogP contribution in [-0.4, -0.2) is 62.7 Å². The number of amides is 2. The molecule has 0 bridgehead atoms. The molecule has 0 radical (unpaired) electrons. The van der Waals surface area contributed by atoms with Gasteiger partial charge in [0.2, 0.25) is 18.0 Å². The predicted molar refractivity (Wildman–Crippen MR) is 111 cm³/mol. The zero-order valence-electron chi connectivity index (χ0n) is 18.3. The molecule has 2 amide bonds. The Balaban J connectivity index is 1.69. The number of carbonyl (C=O) groups is 3. The van der Waals surface area contributed by atoms with Crippen LogP contribution in [0, 0.1) is 0 Å². The van der Waals surface area contributed by atoms with Crippen LogP contribution in [0.5, 0.6) is 11.5 Å². The molecule has 0 saturated carbocycles. The maximum Gasteiger partial charge on any atom is 0.344 e. The van der Waals surface area contributed by atoms with E-state index in [0.717, 1.165) is 19.4 Å². The zero-order valence-corrected chi connectivity index (χ0v) is 18.3. The summed E-state index contributed by atoms with van der Waals surface area (Å²) in [6, 6.07) is 2.62. The summed E-state index contributed by atoms with van der Waals surface area (Å²) >= 11 is 0. The molecule has 1 aromatic rings. The van der Waals surface area contributed by atoms with Crippen molar-refractivity contribution in [3.63, 3.8) is 0 Å². The smallest absolute Gasteiger partial charge is 0.344 e. The first-order valence-electron chi connectivity index (χ1n) is 10.7. The highest BCUT2D eigenvalue weighted by molar-refractivity contribution is 5.99. The van der Waals surface area contributed by atoms with Gasteiger partial charge in [-0.15, -0.1) is 0 Å². The van der Waals surface area contributed by atoms with E-state index in [4.69, 9.17) is 18.9 Å². The van der Waals surface area contributed by atoms with Crippen molar-refractivity contribution in [3.8, 4) is 11.5 Å². The number of hydrogen-bond donors (Lipinski definition) is 1. The lowest BCUT2D eigenvalue weighted by Crippen LogP contribution is -2.46. The topological polar surface area (TPSA) is 103 Å². The minimum Gasteiger partial charge on any atom is -0.493 e. The lowest BCUT2D eigenvalue weighted by Gasteiger charge is -2.29. The molecule has 1 fully saturated rings. The second-order valence-corrected chi connectivity index (χ2v) is 7.49. The summed E-state index contributed by atoms with van der Waals surface area (Å²) in [6.45, 7) is 3.85. The van der Waals surface area contributed by atoms with Crippen LogP contribution in [0.25, 0.3) is 0 Å². The van der Waals surface area contributed by atoms with Crippen molar-refractivity contribution in [2.45, 2.75) is 51.3 Å². The normalized spacial score (nSPS) is 19.9. The summed E-state index contributed by atoms with van der Waals surface area (Å²) in [7, 11) is 2.91. The minimum atomic E-state index is -0.967. The molecule has 2 atom stereocenters. The number of rotatable bonds is 11. The van der Waals surface area contributed by atoms with E-state index in [9.17, 15) is 14.4 Å². The summed E-state index contributed by atoms with van der Waals surface area (Å²) in [5.41, 5.74) is 0.704. The molecule has 0 unspecified atom stereocenters. The first-order valence-corrected chi connectivity index (χ1v) is 10.7. The minimum absolute atomic E-state index is 0.217. The van der Waals surface area contributed by atoms with Gasteiger partial charge in [-0.1, -0.05) is 13.3 Å². The molecule has 1 aromatic carbocycles. The molecule has 1 saturated heterocycles. The van der Waals surface area contributed by atoms with E-state index in [-0.39, 0.29) is 29.5 Å². The number of esters is 1. The van der Waals surface area contributed by atoms with Crippen LogP contribution in [-0.2, 0) is 19.1 Å². The summed E-state index contributed by atoms with van der Waals surface area (Å²) in [4.78, 5) is 39.3. The van der Waals surface area contributed by atoms with Crippen LogP contribution in [0.1, 0.15) is 61.2 Å². The van der Waals surface area contributed by atoms with E-state index in [1.807, 2.05) is 0 Å². The second-order valence-electron chi connectivity index (χ2n) is 7.49. The van der Waals surface area contributed by atoms with Gasteiger partial charge in [-0.25, -0.2) is 4.79 Å². The number of ether oxygens (including phenoxy) is 4. The number of nitrogens with one attached hydrogen (secondary N) is 1. The number of benzene rings is 1. The Morgan fingerprint density at radius 1 is 1.19 bits per heavy atom. The van der Waals surface area contributed by atoms with Crippen molar-refractivity contribution in [3.05, 3.63) is 23.3 Å². The molecule has 0 spiro atoms. The zero-order chi connectivity index (χ0) is 22.4. The fraction of sp³-hybridized carbons (Fsp3) is 0.591. The van der Waals surface area contributed by atoms with Gasteiger partial charge in [0.25, 0.3) is 0 Å². The van der Waals surface area contributed by atoms with E-state index < -0.39 is 18.2 Å². The maximum atomic E-state index is 12.8. The lowest BCUT2D eigenvalue weighted by molar-refractivity contribution is -0.145. The van der Waals surface area contributed by atoms with E-state index >= 15 is 0 Å². The van der Waals surface area contributed by atoms with Gasteiger partial charge >= 0.3 is 5.97 Å². The third kappa shape index (κ3) is 4.76. The van der Waals surface area contributed by atoms with Crippen LogP contribution in [0.15, 0.2) is 12.1 Å². The van der Waals surface area contributed by atoms with Gasteiger partial charge in [-0.05, 0) is 31.4 Å². The van der Waals surface area contributed by atoms with Gasteiger partial charge < -0.3 is 24.3 Å². The van der Waals surface area contributed by atoms with Crippen LogP contribution < -0.4 is 14.8 Å². The van der Waals surface area contributed by atoms with Crippen molar-refractivity contribution in [1.82, 2.24) is 10.2 Å². The highest BCUT2D eigenvalue weighted by Gasteiger charge is 2.47. The third-order valence-corrected chi connectivity index (χ3v) is 5.48. The molecule has 3 rings (SSSR count). The first-order chi connectivity index (χ1) is 15.0. The lowest BCUT2D eigenvalue weighted by atomic mass is 10.1. The Morgan fingerprint density at radius 2 is 1.97 bits per heavy atom. The highest BCUT2D eigenvalue weighted by atomic mass is 16.6. The number of carbonyl (C=O) groups excluding carboxylic acids is 3. The third-order valence-electron chi connectivity index (χ3n) is 5.48. The standard InChI is InChI=1S/C22H30N2O7/c1-4-5-12-30-13-6-11-23-20(26)15-8-10-17(25)24(15)21-14-7-9-16(28-2)19(29-3)18(14)22(27)31-21/h7,9,15,21H,4-6,8,10-13H2,1-3H3,(H,23,26)/t15-,21+/m1/s1. The number of hydrogen-bond acceptors (Lipinski definition) is 7. The molecule has 9 nitrogen and oxygen atoms in total. The van der Waals surface area contributed by atoms with Crippen molar-refractivity contribution in [1.29, 1.82) is 0 Å². The Bertz CT molecular complexity index is 826. The Morgan fingerprint density at radius 3 is 2.68 bits per heavy atom. The number of fused-ring (bicyclic) bond motifs is 1. The van der Waals surface area contributed by atoms with Crippen molar-refractivity contribution >= 4 is 17.8 Å². The molecule has 1 N–H and O–H groups in total. The number of likely N-dealkylation sites (tertiary alicyclic amines) is 1.